The molecular weight excluding hydrogens is 484 g/mol. The molecule has 0 aliphatic rings. The Morgan fingerprint density at radius 3 is 2.11 bits per heavy atom. The average molecular weight is 515 g/mol. The van der Waals surface area contributed by atoms with Crippen molar-refractivity contribution in [2.75, 3.05) is 44.6 Å². The van der Waals surface area contributed by atoms with Gasteiger partial charge in [0, 0.05) is 17.8 Å². The fourth-order valence-corrected chi connectivity index (χ4v) is 5.03. The Labute approximate surface area is 211 Å². The van der Waals surface area contributed by atoms with E-state index < -0.39 is 22.5 Å². The molecule has 0 radical (unpaired) electrons. The highest BCUT2D eigenvalue weighted by Gasteiger charge is 2.31. The molecule has 1 N–H and O–H groups in total. The normalized spacial score (nSPS) is 10.9. The van der Waals surface area contributed by atoms with E-state index in [0.717, 1.165) is 15.4 Å². The van der Waals surface area contributed by atoms with Gasteiger partial charge < -0.3 is 24.3 Å². The van der Waals surface area contributed by atoms with Gasteiger partial charge in [0.15, 0.2) is 11.5 Å². The summed E-state index contributed by atoms with van der Waals surface area (Å²) >= 11 is 0. The van der Waals surface area contributed by atoms with Crippen molar-refractivity contribution >= 4 is 27.3 Å². The number of benzene rings is 3. The van der Waals surface area contributed by atoms with Crippen LogP contribution >= 0.6 is 0 Å². The van der Waals surface area contributed by atoms with Crippen molar-refractivity contribution in [2.24, 2.45) is 0 Å². The molecule has 10 heteroatoms. The van der Waals surface area contributed by atoms with Gasteiger partial charge >= 0.3 is 0 Å². The van der Waals surface area contributed by atoms with Crippen LogP contribution < -0.4 is 28.6 Å². The van der Waals surface area contributed by atoms with Crippen molar-refractivity contribution in [1.82, 2.24) is 0 Å². The van der Waals surface area contributed by atoms with Gasteiger partial charge in [0.1, 0.15) is 18.0 Å². The molecule has 192 valence electrons. The maximum atomic E-state index is 13.9. The summed E-state index contributed by atoms with van der Waals surface area (Å²) in [5, 5.41) is 2.82. The number of ether oxygens (including phenoxy) is 4. The van der Waals surface area contributed by atoms with E-state index in [-0.39, 0.29) is 22.1 Å². The number of aryl methyl sites for hydroxylation is 2. The Balaban J connectivity index is 2.11. The van der Waals surface area contributed by atoms with E-state index in [4.69, 9.17) is 18.9 Å². The smallest absolute Gasteiger partial charge is 0.265 e. The van der Waals surface area contributed by atoms with Gasteiger partial charge in [-0.1, -0.05) is 12.1 Å². The lowest BCUT2D eigenvalue weighted by Crippen LogP contribution is -2.38. The lowest BCUT2D eigenvalue weighted by Gasteiger charge is -2.26. The van der Waals surface area contributed by atoms with Gasteiger partial charge in [-0.2, -0.15) is 0 Å². The average Bonchev–Trinajstić information content (AvgIpc) is 2.88. The molecule has 0 unspecified atom stereocenters. The maximum absolute atomic E-state index is 13.9. The summed E-state index contributed by atoms with van der Waals surface area (Å²) in [6.07, 6.45) is 0. The SMILES string of the molecule is COc1ccc(OC)c(N(CC(=O)Nc2cc(C)ccc2C)S(=O)(=O)c2ccc(OC)c(OC)c2)c1. The van der Waals surface area contributed by atoms with E-state index in [1.807, 2.05) is 32.0 Å². The molecule has 0 spiro atoms. The summed E-state index contributed by atoms with van der Waals surface area (Å²) in [5.41, 5.74) is 2.55. The molecule has 0 heterocycles. The van der Waals surface area contributed by atoms with Crippen LogP contribution in [0.3, 0.4) is 0 Å². The monoisotopic (exact) mass is 514 g/mol. The van der Waals surface area contributed by atoms with E-state index in [9.17, 15) is 13.2 Å². The van der Waals surface area contributed by atoms with Gasteiger partial charge in [-0.25, -0.2) is 8.42 Å². The lowest BCUT2D eigenvalue weighted by atomic mass is 10.1. The minimum atomic E-state index is -4.27. The van der Waals surface area contributed by atoms with Crippen LogP contribution in [-0.4, -0.2) is 49.3 Å². The molecular formula is C26H30N2O7S. The molecule has 0 aliphatic heterocycles. The topological polar surface area (TPSA) is 103 Å². The van der Waals surface area contributed by atoms with Crippen molar-refractivity contribution in [3.63, 3.8) is 0 Å². The van der Waals surface area contributed by atoms with Gasteiger partial charge in [0.05, 0.1) is 39.0 Å². The quantitative estimate of drug-likeness (QED) is 0.433. The van der Waals surface area contributed by atoms with Crippen molar-refractivity contribution < 1.29 is 32.2 Å². The first-order chi connectivity index (χ1) is 17.1. The van der Waals surface area contributed by atoms with E-state index in [1.54, 1.807) is 12.1 Å². The van der Waals surface area contributed by atoms with E-state index in [1.165, 1.54) is 52.7 Å². The Morgan fingerprint density at radius 1 is 0.806 bits per heavy atom. The summed E-state index contributed by atoms with van der Waals surface area (Å²) in [6.45, 7) is 3.25. The number of hydrogen-bond donors (Lipinski definition) is 1. The molecule has 1 amide bonds. The number of amides is 1. The number of methoxy groups -OCH3 is 4. The second kappa shape index (κ2) is 11.2. The lowest BCUT2D eigenvalue weighted by molar-refractivity contribution is -0.114. The van der Waals surface area contributed by atoms with E-state index in [0.29, 0.717) is 17.2 Å². The Hall–Kier alpha value is -3.92. The molecule has 0 saturated carbocycles. The summed E-state index contributed by atoms with van der Waals surface area (Å²) in [5.74, 6) is 0.718. The minimum Gasteiger partial charge on any atom is -0.497 e. The van der Waals surface area contributed by atoms with Gasteiger partial charge in [0.2, 0.25) is 5.91 Å². The van der Waals surface area contributed by atoms with Crippen LogP contribution in [0.25, 0.3) is 0 Å². The van der Waals surface area contributed by atoms with Crippen molar-refractivity contribution in [2.45, 2.75) is 18.7 Å². The van der Waals surface area contributed by atoms with E-state index >= 15 is 0 Å². The number of sulfonamides is 1. The van der Waals surface area contributed by atoms with E-state index in [2.05, 4.69) is 5.32 Å². The summed E-state index contributed by atoms with van der Waals surface area (Å²) in [4.78, 5) is 13.1. The molecule has 0 saturated heterocycles. The number of nitrogens with one attached hydrogen (secondary N) is 1. The molecule has 0 aromatic heterocycles. The predicted octanol–water partition coefficient (Wildman–Crippen LogP) is 4.17. The Kier molecular flexibility index (Phi) is 8.31. The van der Waals surface area contributed by atoms with Gasteiger partial charge in [0.25, 0.3) is 10.0 Å². The Bertz CT molecular complexity index is 1360. The highest BCUT2D eigenvalue weighted by atomic mass is 32.2. The molecule has 3 rings (SSSR count). The second-order valence-corrected chi connectivity index (χ2v) is 9.80. The first-order valence-corrected chi connectivity index (χ1v) is 12.4. The first kappa shape index (κ1) is 26.7. The molecule has 0 fully saturated rings. The zero-order chi connectivity index (χ0) is 26.5. The second-order valence-electron chi connectivity index (χ2n) is 7.93. The zero-order valence-corrected chi connectivity index (χ0v) is 21.9. The van der Waals surface area contributed by atoms with Crippen molar-refractivity contribution in [3.8, 4) is 23.0 Å². The van der Waals surface area contributed by atoms with Crippen LogP contribution in [-0.2, 0) is 14.8 Å². The number of carbonyl (C=O) groups excluding carboxylic acids is 1. The third-order valence-electron chi connectivity index (χ3n) is 5.55. The first-order valence-electron chi connectivity index (χ1n) is 11.0. The summed E-state index contributed by atoms with van der Waals surface area (Å²) < 4.78 is 50.1. The van der Waals surface area contributed by atoms with Crippen LogP contribution in [0.1, 0.15) is 11.1 Å². The summed E-state index contributed by atoms with van der Waals surface area (Å²) in [7, 11) is 1.48. The van der Waals surface area contributed by atoms with Crippen LogP contribution in [0.5, 0.6) is 23.0 Å². The third kappa shape index (κ3) is 5.65. The third-order valence-corrected chi connectivity index (χ3v) is 7.31. The highest BCUT2D eigenvalue weighted by molar-refractivity contribution is 7.92. The number of anilines is 2. The van der Waals surface area contributed by atoms with Crippen LogP contribution in [0.4, 0.5) is 11.4 Å². The molecule has 36 heavy (non-hydrogen) atoms. The fraction of sp³-hybridized carbons (Fsp3) is 0.269. The largest absolute Gasteiger partial charge is 0.497 e. The standard InChI is InChI=1S/C26H30N2O7S/c1-17-7-8-18(2)21(13-17)27-26(29)16-28(22-14-19(32-3)9-11-23(22)33-4)36(30,31)20-10-12-24(34-5)25(15-20)35-6/h7-15H,16H2,1-6H3,(H,27,29). The van der Waals surface area contributed by atoms with Gasteiger partial charge in [-0.05, 0) is 55.3 Å². The number of carbonyl (C=O) groups is 1. The minimum absolute atomic E-state index is 0.0930. The molecule has 0 atom stereocenters. The van der Waals surface area contributed by atoms with Crippen LogP contribution in [0.2, 0.25) is 0 Å². The van der Waals surface area contributed by atoms with Gasteiger partial charge in [-0.15, -0.1) is 0 Å². The molecule has 0 aliphatic carbocycles. The van der Waals surface area contributed by atoms with Gasteiger partial charge in [-0.3, -0.25) is 9.10 Å². The van der Waals surface area contributed by atoms with Crippen molar-refractivity contribution in [3.05, 3.63) is 65.7 Å². The zero-order valence-electron chi connectivity index (χ0n) is 21.1. The fourth-order valence-electron chi connectivity index (χ4n) is 3.59. The highest BCUT2D eigenvalue weighted by Crippen LogP contribution is 2.37. The number of nitrogens with zero attached hydrogens (tertiary/aromatic N) is 1. The molecule has 0 bridgehead atoms. The molecule has 9 nitrogen and oxygen atoms in total. The Morgan fingerprint density at radius 2 is 1.47 bits per heavy atom. The number of hydrogen-bond acceptors (Lipinski definition) is 7. The summed E-state index contributed by atoms with van der Waals surface area (Å²) in [6, 6.07) is 14.6. The predicted molar refractivity (Wildman–Crippen MR) is 138 cm³/mol. The maximum Gasteiger partial charge on any atom is 0.265 e. The van der Waals surface area contributed by atoms with Crippen LogP contribution in [0.15, 0.2) is 59.5 Å². The molecule has 3 aromatic rings. The number of rotatable bonds is 10. The van der Waals surface area contributed by atoms with Crippen molar-refractivity contribution in [1.29, 1.82) is 0 Å². The van der Waals surface area contributed by atoms with Crippen LogP contribution in [0, 0.1) is 13.8 Å². The molecule has 3 aromatic carbocycles.